The average Bonchev–Trinajstić information content (AvgIpc) is 3.01. The van der Waals surface area contributed by atoms with Crippen LogP contribution in [0.3, 0.4) is 0 Å². The Kier molecular flexibility index (Phi) is 3.67. The summed E-state index contributed by atoms with van der Waals surface area (Å²) in [6.45, 7) is 3.39. The Labute approximate surface area is 148 Å². The predicted molar refractivity (Wildman–Crippen MR) is 95.6 cm³/mol. The molecule has 4 aliphatic carbocycles. The van der Waals surface area contributed by atoms with Gasteiger partial charge in [-0.1, -0.05) is 24.3 Å². The number of carbonyl (C=O) groups is 1. The Balaban J connectivity index is 1.15. The monoisotopic (exact) mass is 337 g/mol. The quantitative estimate of drug-likeness (QED) is 0.599. The van der Waals surface area contributed by atoms with Crippen LogP contribution in [0.5, 0.6) is 0 Å². The second kappa shape index (κ2) is 5.91. The summed E-state index contributed by atoms with van der Waals surface area (Å²) < 4.78 is 13.0. The van der Waals surface area contributed by atoms with Crippen molar-refractivity contribution in [2.45, 2.75) is 12.8 Å². The van der Waals surface area contributed by atoms with Gasteiger partial charge in [0.05, 0.1) is 0 Å². The number of ketones is 1. The highest BCUT2D eigenvalue weighted by atomic mass is 19.1. The zero-order chi connectivity index (χ0) is 17.0. The maximum Gasteiger partial charge on any atom is 0.162 e. The van der Waals surface area contributed by atoms with Gasteiger partial charge in [-0.05, 0) is 72.7 Å². The molecule has 1 aromatic carbocycles. The van der Waals surface area contributed by atoms with Gasteiger partial charge in [0.15, 0.2) is 5.78 Å². The van der Waals surface area contributed by atoms with E-state index < -0.39 is 0 Å². The van der Waals surface area contributed by atoms with Crippen molar-refractivity contribution in [3.8, 4) is 0 Å². The van der Waals surface area contributed by atoms with E-state index >= 15 is 0 Å². The lowest BCUT2D eigenvalue weighted by molar-refractivity contribution is 0.0672. The summed E-state index contributed by atoms with van der Waals surface area (Å²) in [6.07, 6.45) is 11.3. The molecule has 0 radical (unpaired) electrons. The molecule has 1 aromatic rings. The molecule has 6 rings (SSSR count). The molecule has 3 heteroatoms. The minimum atomic E-state index is -0.289. The van der Waals surface area contributed by atoms with Gasteiger partial charge in [-0.15, -0.1) is 0 Å². The smallest absolute Gasteiger partial charge is 0.162 e. The Morgan fingerprint density at radius 1 is 0.920 bits per heavy atom. The van der Waals surface area contributed by atoms with Gasteiger partial charge in [0.2, 0.25) is 0 Å². The fourth-order valence-electron chi connectivity index (χ4n) is 5.69. The maximum atomic E-state index is 13.0. The van der Waals surface area contributed by atoms with Crippen LogP contribution in [0.2, 0.25) is 0 Å². The molecule has 5 aliphatic rings. The molecule has 2 bridgehead atoms. The Morgan fingerprint density at radius 3 is 2.04 bits per heavy atom. The summed E-state index contributed by atoms with van der Waals surface area (Å²) in [6, 6.07) is 5.91. The number of benzene rings is 1. The molecular formula is C22H24FNO. The highest BCUT2D eigenvalue weighted by molar-refractivity contribution is 5.95. The van der Waals surface area contributed by atoms with E-state index in [2.05, 4.69) is 29.2 Å². The van der Waals surface area contributed by atoms with Crippen LogP contribution in [0, 0.1) is 41.3 Å². The lowest BCUT2D eigenvalue weighted by Crippen LogP contribution is -2.49. The van der Waals surface area contributed by atoms with Crippen LogP contribution in [0.15, 0.2) is 48.6 Å². The van der Waals surface area contributed by atoms with Crippen LogP contribution in [0.25, 0.3) is 0 Å². The Hall–Kier alpha value is -1.74. The van der Waals surface area contributed by atoms with Gasteiger partial charge in [0.1, 0.15) is 5.82 Å². The Morgan fingerprint density at radius 2 is 1.48 bits per heavy atom. The lowest BCUT2D eigenvalue weighted by atomic mass is 9.50. The van der Waals surface area contributed by atoms with Crippen molar-refractivity contribution >= 4 is 5.78 Å². The lowest BCUT2D eigenvalue weighted by Gasteiger charge is -2.53. The molecule has 1 saturated carbocycles. The second-order valence-electron chi connectivity index (χ2n) is 8.20. The molecule has 2 nitrogen and oxygen atoms in total. The van der Waals surface area contributed by atoms with Crippen LogP contribution in [-0.4, -0.2) is 30.3 Å². The molecular weight excluding hydrogens is 313 g/mol. The fourth-order valence-corrected chi connectivity index (χ4v) is 5.69. The van der Waals surface area contributed by atoms with E-state index in [4.69, 9.17) is 0 Å². The molecule has 6 unspecified atom stereocenters. The third kappa shape index (κ3) is 2.52. The molecule has 1 aliphatic heterocycles. The van der Waals surface area contributed by atoms with E-state index in [1.165, 1.54) is 25.2 Å². The molecule has 2 fully saturated rings. The number of Topliss-reactive ketones (excluding diaryl/α,β-unsaturated/α-hetero) is 1. The first-order chi connectivity index (χ1) is 12.2. The molecule has 1 heterocycles. The van der Waals surface area contributed by atoms with Gasteiger partial charge >= 0.3 is 0 Å². The van der Waals surface area contributed by atoms with Crippen molar-refractivity contribution in [3.05, 3.63) is 60.0 Å². The summed E-state index contributed by atoms with van der Waals surface area (Å²) in [5, 5.41) is 0. The van der Waals surface area contributed by atoms with Gasteiger partial charge in [-0.25, -0.2) is 4.39 Å². The number of carbonyl (C=O) groups excluding carboxylic acids is 1. The normalized spacial score (nSPS) is 37.6. The van der Waals surface area contributed by atoms with Gasteiger partial charge in [-0.2, -0.15) is 0 Å². The molecule has 130 valence electrons. The maximum absolute atomic E-state index is 13.0. The minimum absolute atomic E-state index is 0.126. The largest absolute Gasteiger partial charge is 0.303 e. The molecule has 0 aromatic heterocycles. The first kappa shape index (κ1) is 15.5. The summed E-state index contributed by atoms with van der Waals surface area (Å²) in [4.78, 5) is 14.8. The highest BCUT2D eigenvalue weighted by Gasteiger charge is 2.54. The summed E-state index contributed by atoms with van der Waals surface area (Å²) in [5.41, 5.74) is 0.626. The first-order valence-corrected chi connectivity index (χ1v) is 9.58. The van der Waals surface area contributed by atoms with E-state index in [9.17, 15) is 9.18 Å². The number of allylic oxidation sites excluding steroid dienone is 4. The number of likely N-dealkylation sites (tertiary alicyclic amines) is 1. The number of rotatable bonds is 5. The van der Waals surface area contributed by atoms with E-state index in [1.807, 2.05) is 0 Å². The summed E-state index contributed by atoms with van der Waals surface area (Å²) in [7, 11) is 0. The third-order valence-electron chi connectivity index (χ3n) is 6.97. The van der Waals surface area contributed by atoms with Gasteiger partial charge < -0.3 is 4.90 Å². The van der Waals surface area contributed by atoms with E-state index in [0.717, 1.165) is 48.5 Å². The SMILES string of the molecule is O=C(CCCN1CC2C3C=CC(C4C=CC43)C2C1)c1ccc(F)cc1. The molecule has 1 saturated heterocycles. The highest BCUT2D eigenvalue weighted by Crippen LogP contribution is 2.57. The van der Waals surface area contributed by atoms with Crippen molar-refractivity contribution in [1.29, 1.82) is 0 Å². The number of hydrogen-bond donors (Lipinski definition) is 0. The number of hydrogen-bond acceptors (Lipinski definition) is 2. The first-order valence-electron chi connectivity index (χ1n) is 9.58. The second-order valence-corrected chi connectivity index (χ2v) is 8.20. The Bertz CT molecular complexity index is 707. The molecule has 0 N–H and O–H groups in total. The van der Waals surface area contributed by atoms with E-state index in [0.29, 0.717) is 12.0 Å². The van der Waals surface area contributed by atoms with Crippen molar-refractivity contribution in [2.75, 3.05) is 19.6 Å². The molecule has 0 amide bonds. The molecule has 0 spiro atoms. The predicted octanol–water partition coefficient (Wildman–Crippen LogP) is 3.95. The van der Waals surface area contributed by atoms with Crippen molar-refractivity contribution in [3.63, 3.8) is 0 Å². The molecule has 6 atom stereocenters. The van der Waals surface area contributed by atoms with Crippen LogP contribution in [0.1, 0.15) is 23.2 Å². The molecule has 25 heavy (non-hydrogen) atoms. The van der Waals surface area contributed by atoms with Crippen molar-refractivity contribution in [2.24, 2.45) is 35.5 Å². The standard InChI is InChI=1S/C22H24FNO/c23-15-5-3-14(4-6-15)22(25)2-1-11-24-12-20-18-9-10-19(21(20)13-24)17-8-7-16(17)18/h3-10,16-21H,1-2,11-13H2. The third-order valence-corrected chi connectivity index (χ3v) is 6.97. The number of halogens is 1. The van der Waals surface area contributed by atoms with Crippen LogP contribution in [0.4, 0.5) is 4.39 Å². The minimum Gasteiger partial charge on any atom is -0.303 e. The van der Waals surface area contributed by atoms with Crippen LogP contribution in [-0.2, 0) is 0 Å². The van der Waals surface area contributed by atoms with Crippen molar-refractivity contribution < 1.29 is 9.18 Å². The fraction of sp³-hybridized carbons (Fsp3) is 0.500. The van der Waals surface area contributed by atoms with Gasteiger partial charge in [0, 0.05) is 25.1 Å². The van der Waals surface area contributed by atoms with E-state index in [1.54, 1.807) is 12.1 Å². The number of nitrogens with zero attached hydrogens (tertiary/aromatic N) is 1. The zero-order valence-corrected chi connectivity index (χ0v) is 14.4. The van der Waals surface area contributed by atoms with Gasteiger partial charge in [0.25, 0.3) is 0 Å². The van der Waals surface area contributed by atoms with Crippen LogP contribution < -0.4 is 0 Å². The van der Waals surface area contributed by atoms with Gasteiger partial charge in [-0.3, -0.25) is 4.79 Å². The average molecular weight is 337 g/mol. The topological polar surface area (TPSA) is 20.3 Å². The van der Waals surface area contributed by atoms with E-state index in [-0.39, 0.29) is 11.6 Å². The summed E-state index contributed by atoms with van der Waals surface area (Å²) >= 11 is 0. The van der Waals surface area contributed by atoms with Crippen LogP contribution >= 0.6 is 0 Å². The van der Waals surface area contributed by atoms with Crippen molar-refractivity contribution in [1.82, 2.24) is 4.90 Å². The zero-order valence-electron chi connectivity index (χ0n) is 14.4. The summed E-state index contributed by atoms with van der Waals surface area (Å²) in [5.74, 6) is 4.56.